The first kappa shape index (κ1) is 13.4. The number of para-hydroxylation sites is 1. The Morgan fingerprint density at radius 2 is 1.95 bits per heavy atom. The molecule has 0 aliphatic carbocycles. The lowest BCUT2D eigenvalue weighted by Crippen LogP contribution is -2.60. The van der Waals surface area contributed by atoms with Crippen LogP contribution < -0.4 is 4.74 Å². The number of hydrogen-bond donors (Lipinski definition) is 0. The molecule has 2 aliphatic rings. The van der Waals surface area contributed by atoms with Crippen molar-refractivity contribution < 1.29 is 9.53 Å². The standard InChI is InChI=1S/C16H22N2O2/c1-2-20-15-8-4-3-7-14(15)16(19)18-11-13(12-18)17-9-5-6-10-17/h3-4,7-8,13H,2,5-6,9-12H2,1H3. The van der Waals surface area contributed by atoms with Gasteiger partial charge in [0.05, 0.1) is 12.2 Å². The number of hydrogen-bond acceptors (Lipinski definition) is 3. The fraction of sp³-hybridized carbons (Fsp3) is 0.562. The van der Waals surface area contributed by atoms with Crippen molar-refractivity contribution in [2.45, 2.75) is 25.8 Å². The van der Waals surface area contributed by atoms with E-state index in [0.717, 1.165) is 13.1 Å². The van der Waals surface area contributed by atoms with Crippen LogP contribution in [0.1, 0.15) is 30.1 Å². The van der Waals surface area contributed by atoms with Crippen molar-refractivity contribution in [2.75, 3.05) is 32.8 Å². The molecule has 20 heavy (non-hydrogen) atoms. The summed E-state index contributed by atoms with van der Waals surface area (Å²) < 4.78 is 5.55. The number of likely N-dealkylation sites (tertiary alicyclic amines) is 2. The van der Waals surface area contributed by atoms with E-state index in [1.807, 2.05) is 36.1 Å². The maximum absolute atomic E-state index is 12.5. The smallest absolute Gasteiger partial charge is 0.257 e. The van der Waals surface area contributed by atoms with Crippen LogP contribution >= 0.6 is 0 Å². The molecule has 1 aromatic rings. The van der Waals surface area contributed by atoms with Gasteiger partial charge in [-0.2, -0.15) is 0 Å². The van der Waals surface area contributed by atoms with Crippen molar-refractivity contribution in [3.8, 4) is 5.75 Å². The Bertz CT molecular complexity index is 477. The lowest BCUT2D eigenvalue weighted by molar-refractivity contribution is 0.0331. The molecule has 3 rings (SSSR count). The maximum atomic E-state index is 12.5. The van der Waals surface area contributed by atoms with Crippen molar-refractivity contribution in [1.82, 2.24) is 9.80 Å². The summed E-state index contributed by atoms with van der Waals surface area (Å²) in [5.41, 5.74) is 0.689. The molecular weight excluding hydrogens is 252 g/mol. The van der Waals surface area contributed by atoms with Gasteiger partial charge < -0.3 is 9.64 Å². The van der Waals surface area contributed by atoms with E-state index >= 15 is 0 Å². The number of carbonyl (C=O) groups is 1. The molecule has 2 fully saturated rings. The van der Waals surface area contributed by atoms with Gasteiger partial charge in [-0.15, -0.1) is 0 Å². The highest BCUT2D eigenvalue weighted by molar-refractivity contribution is 5.97. The first-order valence-corrected chi connectivity index (χ1v) is 7.54. The monoisotopic (exact) mass is 274 g/mol. The zero-order valence-electron chi connectivity index (χ0n) is 12.0. The molecule has 2 saturated heterocycles. The van der Waals surface area contributed by atoms with Gasteiger partial charge in [0.15, 0.2) is 0 Å². The first-order chi connectivity index (χ1) is 9.79. The van der Waals surface area contributed by atoms with Gasteiger partial charge in [0.1, 0.15) is 5.75 Å². The van der Waals surface area contributed by atoms with E-state index in [1.54, 1.807) is 0 Å². The Morgan fingerprint density at radius 3 is 2.65 bits per heavy atom. The predicted octanol–water partition coefficient (Wildman–Crippen LogP) is 2.01. The van der Waals surface area contributed by atoms with Gasteiger partial charge in [0.25, 0.3) is 5.91 Å². The minimum Gasteiger partial charge on any atom is -0.493 e. The lowest BCUT2D eigenvalue weighted by Gasteiger charge is -2.44. The summed E-state index contributed by atoms with van der Waals surface area (Å²) in [6, 6.07) is 8.10. The van der Waals surface area contributed by atoms with E-state index in [0.29, 0.717) is 24.0 Å². The van der Waals surface area contributed by atoms with Gasteiger partial charge in [-0.05, 0) is 45.0 Å². The number of rotatable bonds is 4. The second-order valence-corrected chi connectivity index (χ2v) is 5.54. The average Bonchev–Trinajstić information content (AvgIpc) is 2.92. The molecule has 2 aliphatic heterocycles. The van der Waals surface area contributed by atoms with Gasteiger partial charge in [0.2, 0.25) is 0 Å². The Kier molecular flexibility index (Phi) is 3.92. The first-order valence-electron chi connectivity index (χ1n) is 7.54. The highest BCUT2D eigenvalue weighted by Crippen LogP contribution is 2.25. The van der Waals surface area contributed by atoms with Crippen LogP contribution in [0.4, 0.5) is 0 Å². The van der Waals surface area contributed by atoms with Crippen molar-refractivity contribution in [1.29, 1.82) is 0 Å². The van der Waals surface area contributed by atoms with Gasteiger partial charge >= 0.3 is 0 Å². The lowest BCUT2D eigenvalue weighted by atomic mass is 10.0. The van der Waals surface area contributed by atoms with Gasteiger partial charge in [-0.1, -0.05) is 12.1 Å². The third-order valence-corrected chi connectivity index (χ3v) is 4.22. The Balaban J connectivity index is 1.63. The Morgan fingerprint density at radius 1 is 1.25 bits per heavy atom. The third kappa shape index (κ3) is 2.52. The number of nitrogens with zero attached hydrogens (tertiary/aromatic N) is 2. The van der Waals surface area contributed by atoms with E-state index in [2.05, 4.69) is 4.90 Å². The maximum Gasteiger partial charge on any atom is 0.257 e. The SMILES string of the molecule is CCOc1ccccc1C(=O)N1CC(N2CCCC2)C1. The molecule has 108 valence electrons. The highest BCUT2D eigenvalue weighted by atomic mass is 16.5. The Hall–Kier alpha value is -1.55. The fourth-order valence-electron chi connectivity index (χ4n) is 3.05. The molecule has 2 heterocycles. The largest absolute Gasteiger partial charge is 0.493 e. The second kappa shape index (κ2) is 5.83. The van der Waals surface area contributed by atoms with Crippen LogP contribution in [-0.2, 0) is 0 Å². The molecule has 4 heteroatoms. The summed E-state index contributed by atoms with van der Waals surface area (Å²) in [7, 11) is 0. The van der Waals surface area contributed by atoms with Crippen molar-refractivity contribution in [3.63, 3.8) is 0 Å². The summed E-state index contributed by atoms with van der Waals surface area (Å²) >= 11 is 0. The number of benzene rings is 1. The van der Waals surface area contributed by atoms with E-state index < -0.39 is 0 Å². The van der Waals surface area contributed by atoms with Crippen LogP contribution in [0.2, 0.25) is 0 Å². The zero-order chi connectivity index (χ0) is 13.9. The highest BCUT2D eigenvalue weighted by Gasteiger charge is 2.36. The number of ether oxygens (including phenoxy) is 1. The van der Waals surface area contributed by atoms with Crippen LogP contribution in [0.25, 0.3) is 0 Å². The molecule has 0 N–H and O–H groups in total. The van der Waals surface area contributed by atoms with E-state index in [4.69, 9.17) is 4.74 Å². The van der Waals surface area contributed by atoms with Crippen molar-refractivity contribution in [2.24, 2.45) is 0 Å². The van der Waals surface area contributed by atoms with Gasteiger partial charge in [-0.25, -0.2) is 0 Å². The molecular formula is C16H22N2O2. The predicted molar refractivity (Wildman–Crippen MR) is 78.1 cm³/mol. The van der Waals surface area contributed by atoms with Gasteiger partial charge in [0, 0.05) is 19.1 Å². The average molecular weight is 274 g/mol. The van der Waals surface area contributed by atoms with Crippen LogP contribution in [-0.4, -0.2) is 54.5 Å². The summed E-state index contributed by atoms with van der Waals surface area (Å²) in [6.07, 6.45) is 2.61. The summed E-state index contributed by atoms with van der Waals surface area (Å²) in [5.74, 6) is 0.800. The van der Waals surface area contributed by atoms with E-state index in [-0.39, 0.29) is 5.91 Å². The molecule has 1 aromatic carbocycles. The summed E-state index contributed by atoms with van der Waals surface area (Å²) in [5, 5.41) is 0. The normalized spacial score (nSPS) is 19.9. The molecule has 0 unspecified atom stereocenters. The van der Waals surface area contributed by atoms with E-state index in [1.165, 1.54) is 25.9 Å². The second-order valence-electron chi connectivity index (χ2n) is 5.54. The van der Waals surface area contributed by atoms with Crippen molar-refractivity contribution in [3.05, 3.63) is 29.8 Å². The molecule has 4 nitrogen and oxygen atoms in total. The molecule has 0 spiro atoms. The minimum atomic E-state index is 0.101. The van der Waals surface area contributed by atoms with Crippen LogP contribution in [0.15, 0.2) is 24.3 Å². The van der Waals surface area contributed by atoms with Crippen molar-refractivity contribution >= 4 is 5.91 Å². The van der Waals surface area contributed by atoms with Crippen LogP contribution in [0, 0.1) is 0 Å². The molecule has 0 bridgehead atoms. The van der Waals surface area contributed by atoms with Crippen LogP contribution in [0.5, 0.6) is 5.75 Å². The Labute approximate surface area is 120 Å². The number of amides is 1. The summed E-state index contributed by atoms with van der Waals surface area (Å²) in [6.45, 7) is 6.64. The molecule has 0 aromatic heterocycles. The molecule has 0 atom stereocenters. The zero-order valence-corrected chi connectivity index (χ0v) is 12.0. The topological polar surface area (TPSA) is 32.8 Å². The number of carbonyl (C=O) groups excluding carboxylic acids is 1. The minimum absolute atomic E-state index is 0.101. The van der Waals surface area contributed by atoms with Gasteiger partial charge in [-0.3, -0.25) is 9.69 Å². The quantitative estimate of drug-likeness (QED) is 0.842. The fourth-order valence-corrected chi connectivity index (χ4v) is 3.05. The third-order valence-electron chi connectivity index (χ3n) is 4.22. The summed E-state index contributed by atoms with van der Waals surface area (Å²) in [4.78, 5) is 17.0. The van der Waals surface area contributed by atoms with E-state index in [9.17, 15) is 4.79 Å². The van der Waals surface area contributed by atoms with Crippen LogP contribution in [0.3, 0.4) is 0 Å². The molecule has 0 radical (unpaired) electrons. The molecule has 0 saturated carbocycles. The molecule has 1 amide bonds.